The molecule has 2 rings (SSSR count). The maximum atomic E-state index is 13.3. The fraction of sp³-hybridized carbons (Fsp3) is 0.696. The lowest BCUT2D eigenvalue weighted by Gasteiger charge is -2.38. The average Bonchev–Trinajstić information content (AvgIpc) is 2.64. The predicted octanol–water partition coefficient (Wildman–Crippen LogP) is 3.92. The molecule has 2 N–H and O–H groups in total. The van der Waals surface area contributed by atoms with Crippen molar-refractivity contribution >= 4 is 11.9 Å². The molecular weight excluding hydrogens is 368 g/mol. The van der Waals surface area contributed by atoms with Gasteiger partial charge >= 0.3 is 5.97 Å². The largest absolute Gasteiger partial charge is 0.479 e. The van der Waals surface area contributed by atoms with Gasteiger partial charge < -0.3 is 15.0 Å². The van der Waals surface area contributed by atoms with E-state index in [0.29, 0.717) is 18.9 Å². The van der Waals surface area contributed by atoms with Crippen molar-refractivity contribution in [2.45, 2.75) is 92.2 Å². The van der Waals surface area contributed by atoms with E-state index in [-0.39, 0.29) is 11.1 Å². The van der Waals surface area contributed by atoms with Crippen molar-refractivity contribution in [1.29, 1.82) is 0 Å². The van der Waals surface area contributed by atoms with Gasteiger partial charge in [0.2, 0.25) is 0 Å². The number of hydrogen-bond donors (Lipinski definition) is 2. The van der Waals surface area contributed by atoms with Crippen LogP contribution in [0.2, 0.25) is 0 Å². The van der Waals surface area contributed by atoms with Crippen LogP contribution in [0.4, 0.5) is 0 Å². The lowest BCUT2D eigenvalue weighted by Crippen LogP contribution is -2.60. The minimum atomic E-state index is -1.50. The van der Waals surface area contributed by atoms with Crippen LogP contribution in [0.3, 0.4) is 0 Å². The van der Waals surface area contributed by atoms with Crippen LogP contribution >= 0.6 is 0 Å². The number of amides is 1. The highest BCUT2D eigenvalue weighted by Crippen LogP contribution is 2.31. The Morgan fingerprint density at radius 2 is 1.76 bits per heavy atom. The summed E-state index contributed by atoms with van der Waals surface area (Å²) in [6.45, 7) is 11.3. The van der Waals surface area contributed by atoms with Gasteiger partial charge in [0.25, 0.3) is 11.5 Å². The fourth-order valence-corrected chi connectivity index (χ4v) is 4.15. The molecule has 6 heteroatoms. The van der Waals surface area contributed by atoms with Crippen LogP contribution in [0.15, 0.2) is 10.9 Å². The third-order valence-electron chi connectivity index (χ3n) is 6.65. The molecule has 1 saturated carbocycles. The van der Waals surface area contributed by atoms with E-state index >= 15 is 0 Å². The Morgan fingerprint density at radius 1 is 1.17 bits per heavy atom. The third-order valence-corrected chi connectivity index (χ3v) is 6.65. The number of carboxylic acid groups (broad SMARTS) is 1. The smallest absolute Gasteiger partial charge is 0.329 e. The molecule has 162 valence electrons. The van der Waals surface area contributed by atoms with E-state index in [1.165, 1.54) is 26.2 Å². The second-order valence-corrected chi connectivity index (χ2v) is 9.60. The van der Waals surface area contributed by atoms with Crippen LogP contribution in [-0.2, 0) is 17.8 Å². The molecule has 0 aliphatic heterocycles. The molecule has 1 fully saturated rings. The number of nitrogens with one attached hydrogen (secondary N) is 1. The first-order valence-electron chi connectivity index (χ1n) is 10.7. The number of rotatable bonds is 6. The van der Waals surface area contributed by atoms with Gasteiger partial charge in [-0.3, -0.25) is 9.59 Å². The standard InChI is InChI=1S/C23H36N2O4/c1-7-18-15(2)13-17(19(26)24-23(6,21(28)29)22(3,4)5)20(27)25(18)14-16-11-9-8-10-12-16/h13,16H,7-12,14H2,1-6H3,(H,24,26)(H,28,29). The SMILES string of the molecule is CCc1c(C)cc(C(=O)NC(C)(C(=O)O)C(C)(C)C)c(=O)n1CC1CCCCC1. The number of carbonyl (C=O) groups excluding carboxylic acids is 1. The molecule has 0 bridgehead atoms. The second kappa shape index (κ2) is 8.72. The van der Waals surface area contributed by atoms with E-state index in [9.17, 15) is 19.5 Å². The first kappa shape index (κ1) is 23.2. The van der Waals surface area contributed by atoms with E-state index in [0.717, 1.165) is 24.1 Å². The molecule has 1 amide bonds. The summed E-state index contributed by atoms with van der Waals surface area (Å²) in [6.07, 6.45) is 6.53. The van der Waals surface area contributed by atoms with Crippen LogP contribution in [-0.4, -0.2) is 27.1 Å². The van der Waals surface area contributed by atoms with Crippen molar-refractivity contribution in [3.05, 3.63) is 33.2 Å². The normalized spacial score (nSPS) is 17.6. The Morgan fingerprint density at radius 3 is 2.24 bits per heavy atom. The molecule has 0 aromatic carbocycles. The summed E-state index contributed by atoms with van der Waals surface area (Å²) in [5.74, 6) is -1.30. The van der Waals surface area contributed by atoms with Crippen LogP contribution in [0.25, 0.3) is 0 Å². The molecule has 6 nitrogen and oxygen atoms in total. The van der Waals surface area contributed by atoms with Crippen molar-refractivity contribution < 1.29 is 14.7 Å². The maximum absolute atomic E-state index is 13.3. The average molecular weight is 405 g/mol. The summed E-state index contributed by atoms with van der Waals surface area (Å²) in [4.78, 5) is 38.2. The van der Waals surface area contributed by atoms with Crippen molar-refractivity contribution in [3.8, 4) is 0 Å². The topological polar surface area (TPSA) is 88.4 Å². The Balaban J connectivity index is 2.46. The minimum absolute atomic E-state index is 0.0206. The molecule has 1 heterocycles. The van der Waals surface area contributed by atoms with Crippen LogP contribution in [0.1, 0.15) is 88.3 Å². The molecule has 0 radical (unpaired) electrons. The number of nitrogens with zero attached hydrogens (tertiary/aromatic N) is 1. The molecule has 29 heavy (non-hydrogen) atoms. The zero-order valence-corrected chi connectivity index (χ0v) is 18.7. The second-order valence-electron chi connectivity index (χ2n) is 9.60. The van der Waals surface area contributed by atoms with Crippen molar-refractivity contribution in [3.63, 3.8) is 0 Å². The molecule has 1 aliphatic carbocycles. The van der Waals surface area contributed by atoms with Gasteiger partial charge in [-0.2, -0.15) is 0 Å². The van der Waals surface area contributed by atoms with E-state index in [2.05, 4.69) is 5.32 Å². The lowest BCUT2D eigenvalue weighted by molar-refractivity contribution is -0.148. The first-order chi connectivity index (χ1) is 13.4. The number of aromatic nitrogens is 1. The highest BCUT2D eigenvalue weighted by Gasteiger charge is 2.46. The van der Waals surface area contributed by atoms with E-state index < -0.39 is 22.8 Å². The molecule has 1 unspecified atom stereocenters. The Labute approximate surface area is 173 Å². The number of carboxylic acids is 1. The van der Waals surface area contributed by atoms with Crippen molar-refractivity contribution in [2.75, 3.05) is 0 Å². The maximum Gasteiger partial charge on any atom is 0.329 e. The lowest BCUT2D eigenvalue weighted by atomic mass is 9.74. The molecule has 1 aromatic heterocycles. The fourth-order valence-electron chi connectivity index (χ4n) is 4.15. The summed E-state index contributed by atoms with van der Waals surface area (Å²) in [6, 6.07) is 1.61. The summed E-state index contributed by atoms with van der Waals surface area (Å²) in [5, 5.41) is 12.4. The van der Waals surface area contributed by atoms with E-state index in [1.807, 2.05) is 13.8 Å². The van der Waals surface area contributed by atoms with Gasteiger partial charge in [0.1, 0.15) is 11.1 Å². The zero-order valence-electron chi connectivity index (χ0n) is 18.7. The molecular formula is C23H36N2O4. The number of carbonyl (C=O) groups is 2. The molecule has 1 aliphatic rings. The van der Waals surface area contributed by atoms with Crippen molar-refractivity contribution in [1.82, 2.24) is 9.88 Å². The molecule has 0 saturated heterocycles. The Hall–Kier alpha value is -2.11. The predicted molar refractivity (Wildman–Crippen MR) is 114 cm³/mol. The molecule has 1 atom stereocenters. The summed E-state index contributed by atoms with van der Waals surface area (Å²) in [5.41, 5.74) is -0.685. The quantitative estimate of drug-likeness (QED) is 0.752. The van der Waals surface area contributed by atoms with Gasteiger partial charge in [0.05, 0.1) is 0 Å². The van der Waals surface area contributed by atoms with Gasteiger partial charge in [-0.1, -0.05) is 47.0 Å². The van der Waals surface area contributed by atoms with Gasteiger partial charge in [0, 0.05) is 12.2 Å². The number of aliphatic carboxylic acids is 1. The molecule has 1 aromatic rings. The zero-order chi connectivity index (χ0) is 22.0. The Bertz CT molecular complexity index is 829. The van der Waals surface area contributed by atoms with Crippen LogP contribution in [0, 0.1) is 18.3 Å². The minimum Gasteiger partial charge on any atom is -0.479 e. The van der Waals surface area contributed by atoms with Gasteiger partial charge in [0.15, 0.2) is 0 Å². The van der Waals surface area contributed by atoms with E-state index in [1.54, 1.807) is 31.4 Å². The van der Waals surface area contributed by atoms with Crippen molar-refractivity contribution in [2.24, 2.45) is 11.3 Å². The van der Waals surface area contributed by atoms with Crippen LogP contribution in [0.5, 0.6) is 0 Å². The first-order valence-corrected chi connectivity index (χ1v) is 10.7. The van der Waals surface area contributed by atoms with Gasteiger partial charge in [-0.25, -0.2) is 4.79 Å². The van der Waals surface area contributed by atoms with Crippen LogP contribution < -0.4 is 10.9 Å². The monoisotopic (exact) mass is 404 g/mol. The summed E-state index contributed by atoms with van der Waals surface area (Å²) < 4.78 is 1.76. The van der Waals surface area contributed by atoms with Gasteiger partial charge in [-0.15, -0.1) is 0 Å². The number of aryl methyl sites for hydroxylation is 1. The highest BCUT2D eigenvalue weighted by molar-refractivity contribution is 5.98. The summed E-state index contributed by atoms with van der Waals surface area (Å²) in [7, 11) is 0. The van der Waals surface area contributed by atoms with E-state index in [4.69, 9.17) is 0 Å². The molecule has 0 spiro atoms. The third kappa shape index (κ3) is 4.73. The number of pyridine rings is 1. The Kier molecular flexibility index (Phi) is 6.97. The number of hydrogen-bond acceptors (Lipinski definition) is 3. The summed E-state index contributed by atoms with van der Waals surface area (Å²) >= 11 is 0. The highest BCUT2D eigenvalue weighted by atomic mass is 16.4. The van der Waals surface area contributed by atoms with Gasteiger partial charge in [-0.05, 0) is 56.1 Å².